The van der Waals surface area contributed by atoms with Crippen LogP contribution < -0.4 is 4.90 Å². The first-order valence-corrected chi connectivity index (χ1v) is 16.2. The molecule has 0 amide bonds. The maximum atomic E-state index is 2.46. The minimum absolute atomic E-state index is 0.0841. The number of anilines is 3. The Kier molecular flexibility index (Phi) is 6.65. The van der Waals surface area contributed by atoms with Crippen molar-refractivity contribution in [2.24, 2.45) is 0 Å². The van der Waals surface area contributed by atoms with E-state index in [2.05, 4.69) is 184 Å². The lowest BCUT2D eigenvalue weighted by atomic mass is 9.81. The topological polar surface area (TPSA) is 3.24 Å². The van der Waals surface area contributed by atoms with Gasteiger partial charge in [-0.3, -0.25) is 0 Å². The van der Waals surface area contributed by atoms with Crippen molar-refractivity contribution in [2.45, 2.75) is 33.1 Å². The van der Waals surface area contributed by atoms with Crippen LogP contribution in [0.1, 0.15) is 36.1 Å². The van der Waals surface area contributed by atoms with Crippen LogP contribution in [0.2, 0.25) is 0 Å². The van der Waals surface area contributed by atoms with Crippen LogP contribution in [0.3, 0.4) is 0 Å². The largest absolute Gasteiger partial charge is 0.310 e. The summed E-state index contributed by atoms with van der Waals surface area (Å²) in [6.07, 6.45) is 0. The van der Waals surface area contributed by atoms with E-state index >= 15 is 0 Å². The lowest BCUT2D eigenvalue weighted by Gasteiger charge is -2.29. The van der Waals surface area contributed by atoms with Gasteiger partial charge in [0, 0.05) is 22.4 Å². The Balaban J connectivity index is 1.32. The molecule has 7 aromatic rings. The Labute approximate surface area is 272 Å². The van der Waals surface area contributed by atoms with E-state index in [9.17, 15) is 0 Å². The van der Waals surface area contributed by atoms with Gasteiger partial charge in [-0.1, -0.05) is 129 Å². The van der Waals surface area contributed by atoms with Gasteiger partial charge < -0.3 is 4.90 Å². The van der Waals surface area contributed by atoms with E-state index in [-0.39, 0.29) is 5.41 Å². The maximum Gasteiger partial charge on any atom is 0.0543 e. The highest BCUT2D eigenvalue weighted by Crippen LogP contribution is 2.54. The zero-order valence-corrected chi connectivity index (χ0v) is 26.9. The van der Waals surface area contributed by atoms with Crippen molar-refractivity contribution in [1.82, 2.24) is 0 Å². The van der Waals surface area contributed by atoms with Crippen LogP contribution in [-0.4, -0.2) is 0 Å². The van der Waals surface area contributed by atoms with Gasteiger partial charge >= 0.3 is 0 Å². The van der Waals surface area contributed by atoms with Crippen molar-refractivity contribution in [3.05, 3.63) is 174 Å². The molecule has 46 heavy (non-hydrogen) atoms. The molecule has 7 aromatic carbocycles. The summed E-state index contributed by atoms with van der Waals surface area (Å²) in [4.78, 5) is 2.46. The van der Waals surface area contributed by atoms with Gasteiger partial charge in [0.05, 0.1) is 5.69 Å². The van der Waals surface area contributed by atoms with E-state index < -0.39 is 0 Å². The van der Waals surface area contributed by atoms with Crippen LogP contribution in [0.15, 0.2) is 152 Å². The number of rotatable bonds is 5. The second-order valence-electron chi connectivity index (χ2n) is 13.2. The highest BCUT2D eigenvalue weighted by atomic mass is 15.1. The molecule has 0 atom stereocenters. The minimum atomic E-state index is -0.0841. The molecule has 1 aliphatic carbocycles. The van der Waals surface area contributed by atoms with Crippen LogP contribution in [-0.2, 0) is 5.41 Å². The fourth-order valence-electron chi connectivity index (χ4n) is 7.26. The molecule has 0 saturated heterocycles. The van der Waals surface area contributed by atoms with Crippen molar-refractivity contribution in [3.63, 3.8) is 0 Å². The second kappa shape index (κ2) is 10.9. The van der Waals surface area contributed by atoms with E-state index in [1.54, 1.807) is 0 Å². The van der Waals surface area contributed by atoms with Crippen molar-refractivity contribution < 1.29 is 0 Å². The summed E-state index contributed by atoms with van der Waals surface area (Å²) in [6, 6.07) is 55.7. The van der Waals surface area contributed by atoms with Gasteiger partial charge in [-0.05, 0) is 111 Å². The zero-order valence-electron chi connectivity index (χ0n) is 26.9. The van der Waals surface area contributed by atoms with Crippen LogP contribution in [0.5, 0.6) is 0 Å². The first kappa shape index (κ1) is 28.1. The van der Waals surface area contributed by atoms with Gasteiger partial charge in [0.25, 0.3) is 0 Å². The van der Waals surface area contributed by atoms with Gasteiger partial charge in [0.2, 0.25) is 0 Å². The normalized spacial score (nSPS) is 13.0. The van der Waals surface area contributed by atoms with Gasteiger partial charge in [-0.25, -0.2) is 0 Å². The molecule has 0 fully saturated rings. The molecule has 0 aromatic heterocycles. The average Bonchev–Trinajstić information content (AvgIpc) is 3.31. The molecule has 0 saturated carbocycles. The Hall–Kier alpha value is -5.40. The fraction of sp³-hybridized carbons (Fsp3) is 0.111. The van der Waals surface area contributed by atoms with Gasteiger partial charge in [-0.15, -0.1) is 0 Å². The summed E-state index contributed by atoms with van der Waals surface area (Å²) >= 11 is 0. The van der Waals surface area contributed by atoms with Crippen molar-refractivity contribution in [1.29, 1.82) is 0 Å². The first-order valence-electron chi connectivity index (χ1n) is 16.2. The predicted octanol–water partition coefficient (Wildman–Crippen LogP) is 12.6. The highest BCUT2D eigenvalue weighted by molar-refractivity contribution is 5.98. The Bertz CT molecular complexity index is 2230. The Morgan fingerprint density at radius 3 is 1.72 bits per heavy atom. The van der Waals surface area contributed by atoms with Crippen molar-refractivity contribution in [2.75, 3.05) is 4.90 Å². The zero-order chi connectivity index (χ0) is 31.4. The number of hydrogen-bond donors (Lipinski definition) is 0. The number of aryl methyl sites for hydroxylation is 2. The lowest BCUT2D eigenvalue weighted by molar-refractivity contribution is 0.659. The van der Waals surface area contributed by atoms with E-state index in [1.165, 1.54) is 72.1 Å². The third-order valence-corrected chi connectivity index (χ3v) is 9.96. The summed E-state index contributed by atoms with van der Waals surface area (Å²) in [5.41, 5.74) is 16.5. The number of fused-ring (bicyclic) bond motifs is 4. The number of benzene rings is 7. The van der Waals surface area contributed by atoms with Crippen molar-refractivity contribution >= 4 is 27.8 Å². The quantitative estimate of drug-likeness (QED) is 0.192. The molecule has 1 heteroatoms. The summed E-state index contributed by atoms with van der Waals surface area (Å²) in [5.74, 6) is 0. The molecule has 1 nitrogen and oxygen atoms in total. The lowest BCUT2D eigenvalue weighted by Crippen LogP contribution is -2.16. The van der Waals surface area contributed by atoms with Crippen molar-refractivity contribution in [3.8, 4) is 33.4 Å². The third kappa shape index (κ3) is 4.63. The molecule has 0 spiro atoms. The molecular formula is C45H37N. The Morgan fingerprint density at radius 1 is 0.435 bits per heavy atom. The molecule has 8 rings (SSSR count). The number of nitrogens with zero attached hydrogens (tertiary/aromatic N) is 1. The first-order chi connectivity index (χ1) is 22.4. The molecule has 0 radical (unpaired) electrons. The summed E-state index contributed by atoms with van der Waals surface area (Å²) < 4.78 is 0. The molecule has 0 N–H and O–H groups in total. The van der Waals surface area contributed by atoms with Gasteiger partial charge in [0.1, 0.15) is 0 Å². The molecule has 0 aliphatic heterocycles. The van der Waals surface area contributed by atoms with Crippen LogP contribution in [0.25, 0.3) is 44.2 Å². The highest BCUT2D eigenvalue weighted by Gasteiger charge is 2.38. The van der Waals surface area contributed by atoms with E-state index in [1.807, 2.05) is 0 Å². The average molecular weight is 592 g/mol. The summed E-state index contributed by atoms with van der Waals surface area (Å²) in [6.45, 7) is 9.20. The molecule has 222 valence electrons. The molecule has 0 heterocycles. The van der Waals surface area contributed by atoms with Crippen LogP contribution in [0.4, 0.5) is 17.1 Å². The smallest absolute Gasteiger partial charge is 0.0543 e. The molecule has 0 bridgehead atoms. The summed E-state index contributed by atoms with van der Waals surface area (Å²) in [7, 11) is 0. The molecule has 0 unspecified atom stereocenters. The minimum Gasteiger partial charge on any atom is -0.310 e. The Morgan fingerprint density at radius 2 is 1.00 bits per heavy atom. The number of hydrogen-bond acceptors (Lipinski definition) is 1. The standard InChI is InChI=1S/C45H37N/c1-30-26-40-42(27-31(30)2)45(3,4)41-16-11-17-43(44(40)41)46(38-23-20-34(21-24-38)32-12-7-5-8-13-32)39-25-22-36-28-35(18-19-37(36)29-39)33-14-9-6-10-15-33/h5-29H,1-4H3. The van der Waals surface area contributed by atoms with E-state index in [4.69, 9.17) is 0 Å². The fourth-order valence-corrected chi connectivity index (χ4v) is 7.26. The van der Waals surface area contributed by atoms with E-state index in [0.717, 1.165) is 11.4 Å². The maximum absolute atomic E-state index is 2.46. The molecular weight excluding hydrogens is 555 g/mol. The van der Waals surface area contributed by atoms with Crippen LogP contribution >= 0.6 is 0 Å². The predicted molar refractivity (Wildman–Crippen MR) is 197 cm³/mol. The summed E-state index contributed by atoms with van der Waals surface area (Å²) in [5, 5.41) is 2.46. The van der Waals surface area contributed by atoms with Gasteiger partial charge in [0.15, 0.2) is 0 Å². The second-order valence-corrected chi connectivity index (χ2v) is 13.2. The third-order valence-electron chi connectivity index (χ3n) is 9.96. The van der Waals surface area contributed by atoms with Crippen LogP contribution in [0, 0.1) is 13.8 Å². The SMILES string of the molecule is Cc1cc2c(cc1C)C(C)(C)c1cccc(N(c3ccc(-c4ccccc4)cc3)c3ccc4cc(-c5ccccc5)ccc4c3)c1-2. The monoisotopic (exact) mass is 591 g/mol. The van der Waals surface area contributed by atoms with E-state index in [0.29, 0.717) is 0 Å². The van der Waals surface area contributed by atoms with Gasteiger partial charge in [-0.2, -0.15) is 0 Å². The molecule has 1 aliphatic rings.